The molecule has 30 heavy (non-hydrogen) atoms. The Bertz CT molecular complexity index is 845. The van der Waals surface area contributed by atoms with Crippen LogP contribution in [0, 0.1) is 12.7 Å². The second-order valence-electron chi connectivity index (χ2n) is 7.82. The van der Waals surface area contributed by atoms with E-state index in [1.165, 1.54) is 0 Å². The Hall–Kier alpha value is -2.67. The van der Waals surface area contributed by atoms with Crippen molar-refractivity contribution in [3.8, 4) is 0 Å². The largest absolute Gasteiger partial charge is 0.372 e. The number of aromatic nitrogens is 1. The fourth-order valence-electron chi connectivity index (χ4n) is 3.51. The number of hydrogen-bond acceptors (Lipinski definition) is 4. The minimum Gasteiger partial charge on any atom is -0.372 e. The molecule has 0 saturated carbocycles. The zero-order valence-electron chi connectivity index (χ0n) is 18.3. The highest BCUT2D eigenvalue weighted by molar-refractivity contribution is 5.79. The first-order chi connectivity index (χ1) is 14.4. The summed E-state index contributed by atoms with van der Waals surface area (Å²) >= 11 is 0. The molecular formula is C23H32FN5O. The molecule has 0 aliphatic carbocycles. The number of pyridine rings is 1. The Labute approximate surface area is 178 Å². The molecule has 2 unspecified atom stereocenters. The van der Waals surface area contributed by atoms with Gasteiger partial charge in [0.05, 0.1) is 18.8 Å². The van der Waals surface area contributed by atoms with Crippen LogP contribution in [0.5, 0.6) is 0 Å². The van der Waals surface area contributed by atoms with Gasteiger partial charge in [0.15, 0.2) is 5.96 Å². The van der Waals surface area contributed by atoms with E-state index in [4.69, 9.17) is 4.74 Å². The van der Waals surface area contributed by atoms with Gasteiger partial charge in [-0.25, -0.2) is 14.4 Å². The van der Waals surface area contributed by atoms with Crippen LogP contribution in [-0.2, 0) is 17.8 Å². The van der Waals surface area contributed by atoms with E-state index >= 15 is 0 Å². The molecule has 2 heterocycles. The molecule has 0 amide bonds. The summed E-state index contributed by atoms with van der Waals surface area (Å²) in [6, 6.07) is 9.38. The van der Waals surface area contributed by atoms with Gasteiger partial charge in [0.1, 0.15) is 11.6 Å². The van der Waals surface area contributed by atoms with Crippen LogP contribution >= 0.6 is 0 Å². The second kappa shape index (κ2) is 10.4. The predicted octanol–water partition coefficient (Wildman–Crippen LogP) is 3.40. The number of halogens is 1. The molecule has 1 fully saturated rings. The standard InChI is InChI=1S/C23H32FN5O/c1-5-25-23(27-11-19-7-6-16(2)21(24)10-19)28-13-20-8-9-22(26-12-20)29-14-17(3)30-18(4)15-29/h6-10,12,17-18H,5,11,13-15H2,1-4H3,(H2,25,27,28). The number of nitrogens with one attached hydrogen (secondary N) is 2. The van der Waals surface area contributed by atoms with E-state index in [1.807, 2.05) is 25.3 Å². The van der Waals surface area contributed by atoms with Crippen molar-refractivity contribution in [3.05, 3.63) is 59.0 Å². The molecule has 1 aliphatic rings. The van der Waals surface area contributed by atoms with E-state index in [0.29, 0.717) is 24.6 Å². The lowest BCUT2D eigenvalue weighted by Gasteiger charge is -2.36. The van der Waals surface area contributed by atoms with Crippen LogP contribution in [0.25, 0.3) is 0 Å². The topological polar surface area (TPSA) is 61.8 Å². The van der Waals surface area contributed by atoms with Crippen molar-refractivity contribution in [1.82, 2.24) is 15.6 Å². The van der Waals surface area contributed by atoms with Gasteiger partial charge in [-0.2, -0.15) is 0 Å². The van der Waals surface area contributed by atoms with E-state index in [-0.39, 0.29) is 18.0 Å². The number of nitrogens with zero attached hydrogens (tertiary/aromatic N) is 3. The van der Waals surface area contributed by atoms with Gasteiger partial charge < -0.3 is 20.3 Å². The van der Waals surface area contributed by atoms with Crippen molar-refractivity contribution in [2.24, 2.45) is 4.99 Å². The summed E-state index contributed by atoms with van der Waals surface area (Å²) in [5, 5.41) is 6.48. The van der Waals surface area contributed by atoms with Gasteiger partial charge in [-0.3, -0.25) is 0 Å². The number of benzene rings is 1. The van der Waals surface area contributed by atoms with Gasteiger partial charge >= 0.3 is 0 Å². The van der Waals surface area contributed by atoms with Gasteiger partial charge in [0.25, 0.3) is 0 Å². The molecule has 1 saturated heterocycles. The number of aliphatic imine (C=N–C) groups is 1. The van der Waals surface area contributed by atoms with Gasteiger partial charge in [0, 0.05) is 32.4 Å². The van der Waals surface area contributed by atoms with Crippen molar-refractivity contribution in [2.75, 3.05) is 24.5 Å². The van der Waals surface area contributed by atoms with E-state index in [1.54, 1.807) is 19.1 Å². The van der Waals surface area contributed by atoms with Gasteiger partial charge in [-0.05, 0) is 56.5 Å². The first-order valence-corrected chi connectivity index (χ1v) is 10.6. The summed E-state index contributed by atoms with van der Waals surface area (Å²) in [6.45, 7) is 11.4. The minimum atomic E-state index is -0.188. The zero-order valence-corrected chi connectivity index (χ0v) is 18.3. The maximum absolute atomic E-state index is 13.7. The second-order valence-corrected chi connectivity index (χ2v) is 7.82. The summed E-state index contributed by atoms with van der Waals surface area (Å²) in [6.07, 6.45) is 2.29. The molecule has 7 heteroatoms. The first kappa shape index (κ1) is 22.0. The third kappa shape index (κ3) is 6.16. The lowest BCUT2D eigenvalue weighted by Crippen LogP contribution is -2.45. The Morgan fingerprint density at radius 3 is 2.53 bits per heavy atom. The maximum atomic E-state index is 13.7. The highest BCUT2D eigenvalue weighted by atomic mass is 19.1. The molecule has 0 bridgehead atoms. The molecule has 162 valence electrons. The monoisotopic (exact) mass is 413 g/mol. The predicted molar refractivity (Wildman–Crippen MR) is 119 cm³/mol. The van der Waals surface area contributed by atoms with Crippen molar-refractivity contribution >= 4 is 11.8 Å². The summed E-state index contributed by atoms with van der Waals surface area (Å²) in [4.78, 5) is 11.5. The molecule has 6 nitrogen and oxygen atoms in total. The number of rotatable bonds is 6. The maximum Gasteiger partial charge on any atom is 0.191 e. The fourth-order valence-corrected chi connectivity index (χ4v) is 3.51. The number of hydrogen-bond donors (Lipinski definition) is 2. The average Bonchev–Trinajstić information content (AvgIpc) is 2.72. The van der Waals surface area contributed by atoms with Crippen LogP contribution in [0.3, 0.4) is 0 Å². The summed E-state index contributed by atoms with van der Waals surface area (Å²) in [5.41, 5.74) is 2.56. The fraction of sp³-hybridized carbons (Fsp3) is 0.478. The number of ether oxygens (including phenoxy) is 1. The lowest BCUT2D eigenvalue weighted by atomic mass is 10.1. The molecule has 2 atom stereocenters. The van der Waals surface area contributed by atoms with Crippen molar-refractivity contribution in [1.29, 1.82) is 0 Å². The SMILES string of the molecule is CCNC(=NCc1ccc(N2CC(C)OC(C)C2)nc1)NCc1ccc(C)c(F)c1. The number of aryl methyl sites for hydroxylation is 1. The van der Waals surface area contributed by atoms with Gasteiger partial charge in [0.2, 0.25) is 0 Å². The smallest absolute Gasteiger partial charge is 0.191 e. The molecule has 1 aromatic heterocycles. The van der Waals surface area contributed by atoms with Crippen LogP contribution in [0.2, 0.25) is 0 Å². The van der Waals surface area contributed by atoms with Crippen molar-refractivity contribution in [2.45, 2.75) is 53.0 Å². The third-order valence-corrected chi connectivity index (χ3v) is 5.01. The molecule has 2 N–H and O–H groups in total. The number of anilines is 1. The van der Waals surface area contributed by atoms with Gasteiger partial charge in [-0.15, -0.1) is 0 Å². The van der Waals surface area contributed by atoms with Crippen LogP contribution < -0.4 is 15.5 Å². The molecule has 1 aliphatic heterocycles. The quantitative estimate of drug-likeness (QED) is 0.561. The van der Waals surface area contributed by atoms with Gasteiger partial charge in [-0.1, -0.05) is 18.2 Å². The van der Waals surface area contributed by atoms with Crippen LogP contribution in [0.15, 0.2) is 41.5 Å². The van der Waals surface area contributed by atoms with E-state index in [9.17, 15) is 4.39 Å². The van der Waals surface area contributed by atoms with E-state index in [2.05, 4.69) is 45.4 Å². The Morgan fingerprint density at radius 2 is 1.90 bits per heavy atom. The molecule has 2 aromatic rings. The summed E-state index contributed by atoms with van der Waals surface area (Å²) < 4.78 is 19.5. The summed E-state index contributed by atoms with van der Waals surface area (Å²) in [7, 11) is 0. The molecule has 3 rings (SSSR count). The molecule has 1 aromatic carbocycles. The lowest BCUT2D eigenvalue weighted by molar-refractivity contribution is -0.00545. The molecular weight excluding hydrogens is 381 g/mol. The Kier molecular flexibility index (Phi) is 7.63. The molecule has 0 spiro atoms. The van der Waals surface area contributed by atoms with E-state index in [0.717, 1.165) is 36.6 Å². The van der Waals surface area contributed by atoms with Crippen LogP contribution in [-0.4, -0.2) is 42.8 Å². The summed E-state index contributed by atoms with van der Waals surface area (Å²) in [5.74, 6) is 1.47. The average molecular weight is 414 g/mol. The minimum absolute atomic E-state index is 0.188. The number of guanidine groups is 1. The highest BCUT2D eigenvalue weighted by Crippen LogP contribution is 2.18. The van der Waals surface area contributed by atoms with Crippen molar-refractivity contribution < 1.29 is 9.13 Å². The highest BCUT2D eigenvalue weighted by Gasteiger charge is 2.22. The van der Waals surface area contributed by atoms with E-state index < -0.39 is 0 Å². The van der Waals surface area contributed by atoms with Crippen LogP contribution in [0.1, 0.15) is 37.5 Å². The first-order valence-electron chi connectivity index (χ1n) is 10.6. The normalized spacial score (nSPS) is 19.6. The third-order valence-electron chi connectivity index (χ3n) is 5.01. The Morgan fingerprint density at radius 1 is 1.17 bits per heavy atom. The van der Waals surface area contributed by atoms with Crippen molar-refractivity contribution in [3.63, 3.8) is 0 Å². The zero-order chi connectivity index (χ0) is 21.5. The van der Waals surface area contributed by atoms with Crippen LogP contribution in [0.4, 0.5) is 10.2 Å². The number of morpholine rings is 1. The Balaban J connectivity index is 1.59. The molecule has 0 radical (unpaired) electrons.